The summed E-state index contributed by atoms with van der Waals surface area (Å²) in [6.45, 7) is 2.66. The fourth-order valence-corrected chi connectivity index (χ4v) is 2.18. The molecule has 0 heterocycles. The summed E-state index contributed by atoms with van der Waals surface area (Å²) < 4.78 is 27.2. The summed E-state index contributed by atoms with van der Waals surface area (Å²) in [6.07, 6.45) is 0.634. The van der Waals surface area contributed by atoms with Crippen LogP contribution in [0.5, 0.6) is 0 Å². The van der Waals surface area contributed by atoms with Crippen molar-refractivity contribution < 1.29 is 8.78 Å². The lowest BCUT2D eigenvalue weighted by molar-refractivity contribution is 0.464. The summed E-state index contributed by atoms with van der Waals surface area (Å²) in [6, 6.07) is 13.9. The van der Waals surface area contributed by atoms with E-state index in [1.807, 2.05) is 37.3 Å². The van der Waals surface area contributed by atoms with E-state index in [4.69, 9.17) is 0 Å². The van der Waals surface area contributed by atoms with Crippen LogP contribution in [-0.4, -0.2) is 6.54 Å². The Labute approximate surface area is 112 Å². The predicted octanol–water partition coefficient (Wildman–Crippen LogP) is 3.86. The Morgan fingerprint density at radius 1 is 1.00 bits per heavy atom. The van der Waals surface area contributed by atoms with Gasteiger partial charge in [-0.1, -0.05) is 49.4 Å². The van der Waals surface area contributed by atoms with Gasteiger partial charge >= 0.3 is 0 Å². The van der Waals surface area contributed by atoms with E-state index in [0.29, 0.717) is 18.5 Å². The Morgan fingerprint density at radius 3 is 2.42 bits per heavy atom. The number of hydrogen-bond acceptors (Lipinski definition) is 1. The predicted molar refractivity (Wildman–Crippen MR) is 72.9 cm³/mol. The van der Waals surface area contributed by atoms with Gasteiger partial charge in [-0.15, -0.1) is 0 Å². The summed E-state index contributed by atoms with van der Waals surface area (Å²) in [7, 11) is 0. The van der Waals surface area contributed by atoms with Crippen LogP contribution >= 0.6 is 0 Å². The molecular weight excluding hydrogens is 244 g/mol. The van der Waals surface area contributed by atoms with E-state index in [2.05, 4.69) is 5.32 Å². The van der Waals surface area contributed by atoms with Gasteiger partial charge in [-0.2, -0.15) is 0 Å². The van der Waals surface area contributed by atoms with Crippen molar-refractivity contribution >= 4 is 0 Å². The van der Waals surface area contributed by atoms with Crippen LogP contribution in [0.2, 0.25) is 0 Å². The van der Waals surface area contributed by atoms with Gasteiger partial charge in [-0.25, -0.2) is 8.78 Å². The molecule has 0 fully saturated rings. The first-order valence-corrected chi connectivity index (χ1v) is 6.43. The number of nitrogens with one attached hydrogen (secondary N) is 1. The van der Waals surface area contributed by atoms with Crippen molar-refractivity contribution in [1.29, 1.82) is 0 Å². The topological polar surface area (TPSA) is 12.0 Å². The maximum atomic E-state index is 13.9. The van der Waals surface area contributed by atoms with E-state index in [9.17, 15) is 8.78 Å². The molecule has 0 saturated carbocycles. The van der Waals surface area contributed by atoms with Crippen LogP contribution in [0.15, 0.2) is 48.5 Å². The SMILES string of the molecule is CCNC(Cc1ccccc1)c1cccc(F)c1F. The van der Waals surface area contributed by atoms with Crippen LogP contribution in [-0.2, 0) is 6.42 Å². The molecule has 0 spiro atoms. The van der Waals surface area contributed by atoms with Gasteiger partial charge in [-0.3, -0.25) is 0 Å². The normalized spacial score (nSPS) is 12.4. The highest BCUT2D eigenvalue weighted by Gasteiger charge is 2.17. The van der Waals surface area contributed by atoms with Crippen LogP contribution in [0.4, 0.5) is 8.78 Å². The van der Waals surface area contributed by atoms with Gasteiger partial charge in [0.15, 0.2) is 11.6 Å². The standard InChI is InChI=1S/C16H17F2N/c1-2-19-15(11-12-7-4-3-5-8-12)13-9-6-10-14(17)16(13)18/h3-10,15,19H,2,11H2,1H3. The number of likely N-dealkylation sites (N-methyl/N-ethyl adjacent to an activating group) is 1. The van der Waals surface area contributed by atoms with Crippen molar-refractivity contribution in [3.8, 4) is 0 Å². The Balaban J connectivity index is 2.27. The fraction of sp³-hybridized carbons (Fsp3) is 0.250. The Kier molecular flexibility index (Phi) is 4.63. The number of rotatable bonds is 5. The molecule has 1 nitrogen and oxygen atoms in total. The van der Waals surface area contributed by atoms with Crippen LogP contribution < -0.4 is 5.32 Å². The molecule has 100 valence electrons. The third-order valence-electron chi connectivity index (χ3n) is 3.09. The summed E-state index contributed by atoms with van der Waals surface area (Å²) in [5, 5.41) is 3.21. The van der Waals surface area contributed by atoms with Crippen molar-refractivity contribution in [1.82, 2.24) is 5.32 Å². The van der Waals surface area contributed by atoms with E-state index >= 15 is 0 Å². The van der Waals surface area contributed by atoms with Gasteiger partial charge < -0.3 is 5.32 Å². The van der Waals surface area contributed by atoms with Gasteiger partial charge in [0.25, 0.3) is 0 Å². The minimum atomic E-state index is -0.798. The zero-order valence-corrected chi connectivity index (χ0v) is 10.9. The molecule has 1 unspecified atom stereocenters. The average Bonchev–Trinajstić information content (AvgIpc) is 2.43. The minimum absolute atomic E-state index is 0.219. The van der Waals surface area contributed by atoms with Gasteiger partial charge in [-0.05, 0) is 24.6 Å². The molecule has 0 aliphatic rings. The van der Waals surface area contributed by atoms with Crippen molar-refractivity contribution in [2.75, 3.05) is 6.54 Å². The van der Waals surface area contributed by atoms with E-state index in [1.54, 1.807) is 12.1 Å². The molecule has 0 bridgehead atoms. The highest BCUT2D eigenvalue weighted by molar-refractivity contribution is 5.26. The van der Waals surface area contributed by atoms with E-state index < -0.39 is 11.6 Å². The van der Waals surface area contributed by atoms with Crippen molar-refractivity contribution in [2.45, 2.75) is 19.4 Å². The van der Waals surface area contributed by atoms with Crippen molar-refractivity contribution in [3.05, 3.63) is 71.3 Å². The van der Waals surface area contributed by atoms with Crippen molar-refractivity contribution in [3.63, 3.8) is 0 Å². The Morgan fingerprint density at radius 2 is 1.74 bits per heavy atom. The summed E-state index contributed by atoms with van der Waals surface area (Å²) in [5.41, 5.74) is 1.47. The average molecular weight is 261 g/mol. The van der Waals surface area contributed by atoms with Crippen LogP contribution in [0.1, 0.15) is 24.1 Å². The molecule has 3 heteroatoms. The van der Waals surface area contributed by atoms with Crippen LogP contribution in [0, 0.1) is 11.6 Å². The highest BCUT2D eigenvalue weighted by atomic mass is 19.2. The van der Waals surface area contributed by atoms with E-state index in [0.717, 1.165) is 11.6 Å². The summed E-state index contributed by atoms with van der Waals surface area (Å²) in [5.74, 6) is -1.56. The lowest BCUT2D eigenvalue weighted by Gasteiger charge is -2.19. The van der Waals surface area contributed by atoms with E-state index in [1.165, 1.54) is 0 Å². The first-order valence-electron chi connectivity index (χ1n) is 6.43. The van der Waals surface area contributed by atoms with Gasteiger partial charge in [0.2, 0.25) is 0 Å². The van der Waals surface area contributed by atoms with Gasteiger partial charge in [0.05, 0.1) is 0 Å². The zero-order chi connectivity index (χ0) is 13.7. The highest BCUT2D eigenvalue weighted by Crippen LogP contribution is 2.22. The maximum absolute atomic E-state index is 13.9. The second kappa shape index (κ2) is 6.43. The second-order valence-electron chi connectivity index (χ2n) is 4.44. The van der Waals surface area contributed by atoms with Crippen molar-refractivity contribution in [2.24, 2.45) is 0 Å². The summed E-state index contributed by atoms with van der Waals surface area (Å²) in [4.78, 5) is 0. The smallest absolute Gasteiger partial charge is 0.163 e. The molecule has 2 aromatic rings. The molecule has 0 aliphatic carbocycles. The molecule has 0 saturated heterocycles. The first-order chi connectivity index (χ1) is 9.22. The first kappa shape index (κ1) is 13.7. The van der Waals surface area contributed by atoms with E-state index in [-0.39, 0.29) is 6.04 Å². The lowest BCUT2D eigenvalue weighted by atomic mass is 9.98. The molecular formula is C16H17F2N. The molecule has 1 atom stereocenters. The van der Waals surface area contributed by atoms with Gasteiger partial charge in [0, 0.05) is 11.6 Å². The monoisotopic (exact) mass is 261 g/mol. The third-order valence-corrected chi connectivity index (χ3v) is 3.09. The minimum Gasteiger partial charge on any atom is -0.310 e. The van der Waals surface area contributed by atoms with Gasteiger partial charge in [0.1, 0.15) is 0 Å². The fourth-order valence-electron chi connectivity index (χ4n) is 2.18. The largest absolute Gasteiger partial charge is 0.310 e. The molecule has 0 aromatic heterocycles. The summed E-state index contributed by atoms with van der Waals surface area (Å²) >= 11 is 0. The Bertz CT molecular complexity index is 526. The zero-order valence-electron chi connectivity index (χ0n) is 10.9. The molecule has 0 aliphatic heterocycles. The maximum Gasteiger partial charge on any atom is 0.163 e. The molecule has 0 radical (unpaired) electrons. The third kappa shape index (κ3) is 3.38. The van der Waals surface area contributed by atoms with Crippen LogP contribution in [0.3, 0.4) is 0 Å². The molecule has 2 rings (SSSR count). The molecule has 19 heavy (non-hydrogen) atoms. The number of benzene rings is 2. The second-order valence-corrected chi connectivity index (χ2v) is 4.44. The number of halogens is 2. The Hall–Kier alpha value is -1.74. The molecule has 2 aromatic carbocycles. The quantitative estimate of drug-likeness (QED) is 0.861. The lowest BCUT2D eigenvalue weighted by Crippen LogP contribution is -2.24. The molecule has 0 amide bonds. The number of hydrogen-bond donors (Lipinski definition) is 1. The molecule has 1 N–H and O–H groups in total. The van der Waals surface area contributed by atoms with Crippen LogP contribution in [0.25, 0.3) is 0 Å².